The molecule has 2 aliphatic rings. The molecule has 35 heavy (non-hydrogen) atoms. The topological polar surface area (TPSA) is 76.0 Å². The number of fused-ring (bicyclic) bond motifs is 2. The number of aliphatic hydroxyl groups is 2. The summed E-state index contributed by atoms with van der Waals surface area (Å²) in [6, 6.07) is 31.9. The van der Waals surface area contributed by atoms with Crippen LogP contribution in [-0.4, -0.2) is 28.2 Å². The minimum absolute atomic E-state index is 0.314. The maximum atomic E-state index is 13.2. The van der Waals surface area contributed by atoms with Crippen molar-refractivity contribution < 1.29 is 24.5 Å². The van der Waals surface area contributed by atoms with Crippen molar-refractivity contribution in [3.05, 3.63) is 131 Å². The zero-order valence-corrected chi connectivity index (χ0v) is 18.8. The van der Waals surface area contributed by atoms with E-state index in [2.05, 4.69) is 0 Å². The molecular formula is C30H24O5. The minimum atomic E-state index is -1.32. The molecule has 0 amide bonds. The third-order valence-corrected chi connectivity index (χ3v) is 6.85. The summed E-state index contributed by atoms with van der Waals surface area (Å²) in [5.74, 6) is 0.303. The summed E-state index contributed by atoms with van der Waals surface area (Å²) in [4.78, 5) is 13.2. The lowest BCUT2D eigenvalue weighted by Gasteiger charge is -2.38. The van der Waals surface area contributed by atoms with Crippen molar-refractivity contribution in [2.45, 2.75) is 30.3 Å². The minimum Gasteiger partial charge on any atom is -0.483 e. The number of ketones is 1. The molecule has 5 atom stereocenters. The van der Waals surface area contributed by atoms with Crippen LogP contribution in [0.15, 0.2) is 103 Å². The molecule has 0 spiro atoms. The highest BCUT2D eigenvalue weighted by atomic mass is 16.5. The van der Waals surface area contributed by atoms with Crippen molar-refractivity contribution in [3.63, 3.8) is 0 Å². The molecule has 0 saturated carbocycles. The predicted molar refractivity (Wildman–Crippen MR) is 131 cm³/mol. The van der Waals surface area contributed by atoms with Gasteiger partial charge in [0.15, 0.2) is 24.1 Å². The van der Waals surface area contributed by atoms with Crippen LogP contribution >= 0.6 is 0 Å². The van der Waals surface area contributed by atoms with Crippen LogP contribution < -0.4 is 9.47 Å². The third kappa shape index (κ3) is 3.70. The van der Waals surface area contributed by atoms with Crippen molar-refractivity contribution in [1.29, 1.82) is 0 Å². The summed E-state index contributed by atoms with van der Waals surface area (Å²) in [6.45, 7) is 0. The van der Waals surface area contributed by atoms with E-state index in [0.29, 0.717) is 17.1 Å². The van der Waals surface area contributed by atoms with Gasteiger partial charge in [0.25, 0.3) is 0 Å². The van der Waals surface area contributed by atoms with Crippen molar-refractivity contribution in [2.24, 2.45) is 0 Å². The summed E-state index contributed by atoms with van der Waals surface area (Å²) in [5, 5.41) is 22.3. The largest absolute Gasteiger partial charge is 0.483 e. The number of benzene rings is 4. The molecule has 6 rings (SSSR count). The normalized spacial score (nSPS) is 25.1. The zero-order valence-electron chi connectivity index (χ0n) is 18.8. The Morgan fingerprint density at radius 3 is 1.91 bits per heavy atom. The Balaban J connectivity index is 1.41. The predicted octanol–water partition coefficient (Wildman–Crippen LogP) is 4.99. The van der Waals surface area contributed by atoms with Crippen LogP contribution in [0.5, 0.6) is 11.5 Å². The second-order valence-corrected chi connectivity index (χ2v) is 8.97. The van der Waals surface area contributed by atoms with Crippen LogP contribution in [0.2, 0.25) is 0 Å². The molecule has 5 unspecified atom stereocenters. The van der Waals surface area contributed by atoms with Gasteiger partial charge in [-0.1, -0.05) is 84.9 Å². The van der Waals surface area contributed by atoms with Gasteiger partial charge in [-0.2, -0.15) is 0 Å². The molecule has 0 radical (unpaired) electrons. The number of carbonyl (C=O) groups excluding carboxylic acids is 1. The number of aliphatic hydroxyl groups excluding tert-OH is 2. The molecule has 0 aliphatic carbocycles. The molecule has 4 aromatic carbocycles. The molecule has 0 saturated heterocycles. The van der Waals surface area contributed by atoms with Gasteiger partial charge >= 0.3 is 0 Å². The van der Waals surface area contributed by atoms with Gasteiger partial charge in [0.05, 0.1) is 5.56 Å². The van der Waals surface area contributed by atoms with Gasteiger partial charge in [0, 0.05) is 11.5 Å². The third-order valence-electron chi connectivity index (χ3n) is 6.85. The van der Waals surface area contributed by atoms with E-state index in [0.717, 1.165) is 22.3 Å². The van der Waals surface area contributed by atoms with Crippen molar-refractivity contribution in [2.75, 3.05) is 0 Å². The van der Waals surface area contributed by atoms with Crippen LogP contribution in [0.4, 0.5) is 0 Å². The first-order valence-corrected chi connectivity index (χ1v) is 11.7. The first-order chi connectivity index (χ1) is 17.1. The number of hydrogen-bond donors (Lipinski definition) is 2. The highest BCUT2D eigenvalue weighted by Gasteiger charge is 2.41. The maximum Gasteiger partial charge on any atom is 0.199 e. The molecular weight excluding hydrogens is 440 g/mol. The number of ether oxygens (including phenoxy) is 2. The van der Waals surface area contributed by atoms with Crippen LogP contribution in [0, 0.1) is 0 Å². The van der Waals surface area contributed by atoms with Crippen LogP contribution in [-0.2, 0) is 0 Å². The Morgan fingerprint density at radius 2 is 1.20 bits per heavy atom. The van der Waals surface area contributed by atoms with Crippen LogP contribution in [0.3, 0.4) is 0 Å². The molecule has 5 nitrogen and oxygen atoms in total. The number of carbonyl (C=O) groups is 1. The molecule has 2 N–H and O–H groups in total. The lowest BCUT2D eigenvalue weighted by Crippen LogP contribution is -2.37. The first kappa shape index (κ1) is 21.6. The second-order valence-electron chi connectivity index (χ2n) is 8.97. The summed E-state index contributed by atoms with van der Waals surface area (Å²) in [5.41, 5.74) is 3.53. The van der Waals surface area contributed by atoms with Gasteiger partial charge in [-0.3, -0.25) is 4.79 Å². The van der Waals surface area contributed by atoms with Crippen molar-refractivity contribution in [1.82, 2.24) is 0 Å². The SMILES string of the molecule is O=C1c2cc(C3c4ccccc4OC(c4ccccc4)C3O)ccc2OC(c2ccccc2)C1O. The van der Waals surface area contributed by atoms with Crippen LogP contribution in [0.25, 0.3) is 0 Å². The average Bonchev–Trinajstić information content (AvgIpc) is 2.91. The lowest BCUT2D eigenvalue weighted by atomic mass is 9.79. The molecule has 174 valence electrons. The molecule has 0 bridgehead atoms. The first-order valence-electron chi connectivity index (χ1n) is 11.7. The summed E-state index contributed by atoms with van der Waals surface area (Å²) >= 11 is 0. The Morgan fingerprint density at radius 1 is 0.600 bits per heavy atom. The summed E-state index contributed by atoms with van der Waals surface area (Å²) < 4.78 is 12.3. The fourth-order valence-corrected chi connectivity index (χ4v) is 5.12. The van der Waals surface area contributed by atoms with Gasteiger partial charge < -0.3 is 19.7 Å². The zero-order chi connectivity index (χ0) is 23.9. The van der Waals surface area contributed by atoms with E-state index < -0.39 is 36.1 Å². The van der Waals surface area contributed by atoms with Crippen molar-refractivity contribution in [3.8, 4) is 11.5 Å². The van der Waals surface area contributed by atoms with E-state index in [1.54, 1.807) is 12.1 Å². The number of rotatable bonds is 3. The van der Waals surface area contributed by atoms with Gasteiger partial charge in [-0.15, -0.1) is 0 Å². The van der Waals surface area contributed by atoms with E-state index in [1.807, 2.05) is 91.0 Å². The quantitative estimate of drug-likeness (QED) is 0.447. The van der Waals surface area contributed by atoms with Gasteiger partial charge in [0.1, 0.15) is 17.6 Å². The van der Waals surface area contributed by atoms with Gasteiger partial charge in [0.2, 0.25) is 0 Å². The van der Waals surface area contributed by atoms with E-state index in [9.17, 15) is 15.0 Å². The molecule has 0 fully saturated rings. The Bertz CT molecular complexity index is 1370. The molecule has 2 heterocycles. The van der Waals surface area contributed by atoms with Crippen LogP contribution in [0.1, 0.15) is 50.7 Å². The summed E-state index contributed by atoms with van der Waals surface area (Å²) in [7, 11) is 0. The second kappa shape index (κ2) is 8.69. The molecule has 4 aromatic rings. The standard InChI is InChI=1S/C30H24O5/c31-26-22-17-20(15-16-24(22)35-30(28(26)33)19-11-5-2-6-12-19)25-21-13-7-8-14-23(21)34-29(27(25)32)18-9-3-1-4-10-18/h1-17,25,27-30,32-33H. The van der Waals surface area contributed by atoms with E-state index in [1.165, 1.54) is 0 Å². The maximum absolute atomic E-state index is 13.2. The number of para-hydroxylation sites is 1. The fraction of sp³-hybridized carbons (Fsp3) is 0.167. The van der Waals surface area contributed by atoms with E-state index in [4.69, 9.17) is 9.47 Å². The fourth-order valence-electron chi connectivity index (χ4n) is 5.12. The van der Waals surface area contributed by atoms with Crippen molar-refractivity contribution >= 4 is 5.78 Å². The summed E-state index contributed by atoms with van der Waals surface area (Å²) in [6.07, 6.45) is -3.53. The average molecular weight is 465 g/mol. The Hall–Kier alpha value is -3.93. The number of hydrogen-bond acceptors (Lipinski definition) is 5. The molecule has 0 aromatic heterocycles. The molecule has 2 aliphatic heterocycles. The Labute approximate surface area is 203 Å². The lowest BCUT2D eigenvalue weighted by molar-refractivity contribution is 0.00822. The monoisotopic (exact) mass is 464 g/mol. The number of Topliss-reactive ketones (excluding diaryl/α,β-unsaturated/α-hetero) is 1. The highest BCUT2D eigenvalue weighted by Crippen LogP contribution is 2.46. The van der Waals surface area contributed by atoms with E-state index in [-0.39, 0.29) is 0 Å². The molecule has 5 heteroatoms. The Kier molecular flexibility index (Phi) is 5.36. The smallest absolute Gasteiger partial charge is 0.199 e. The van der Waals surface area contributed by atoms with E-state index >= 15 is 0 Å². The van der Waals surface area contributed by atoms with Gasteiger partial charge in [-0.05, 0) is 34.9 Å². The van der Waals surface area contributed by atoms with Gasteiger partial charge in [-0.25, -0.2) is 0 Å². The highest BCUT2D eigenvalue weighted by molar-refractivity contribution is 6.03.